The summed E-state index contributed by atoms with van der Waals surface area (Å²) in [6.45, 7) is 0.329. The summed E-state index contributed by atoms with van der Waals surface area (Å²) < 4.78 is 6.70. The molecule has 0 aliphatic carbocycles. The van der Waals surface area contributed by atoms with E-state index < -0.39 is 0 Å². The Kier molecular flexibility index (Phi) is 5.52. The lowest BCUT2D eigenvalue weighted by Crippen LogP contribution is -2.28. The van der Waals surface area contributed by atoms with Gasteiger partial charge in [0, 0.05) is 36.5 Å². The first-order valence-electron chi connectivity index (χ1n) is 9.12. The van der Waals surface area contributed by atoms with Crippen LogP contribution in [0, 0.1) is 0 Å². The van der Waals surface area contributed by atoms with Crippen molar-refractivity contribution < 1.29 is 14.0 Å². The van der Waals surface area contributed by atoms with Gasteiger partial charge in [-0.05, 0) is 54.1 Å². The van der Waals surface area contributed by atoms with E-state index >= 15 is 0 Å². The zero-order chi connectivity index (χ0) is 20.8. The van der Waals surface area contributed by atoms with Gasteiger partial charge >= 0.3 is 6.03 Å². The highest BCUT2D eigenvalue weighted by Crippen LogP contribution is 2.15. The van der Waals surface area contributed by atoms with E-state index in [1.165, 1.54) is 6.26 Å². The summed E-state index contributed by atoms with van der Waals surface area (Å²) in [5, 5.41) is 12.3. The van der Waals surface area contributed by atoms with E-state index in [0.717, 1.165) is 5.56 Å². The molecular formula is C21H18N6O3. The fourth-order valence-corrected chi connectivity index (χ4v) is 2.66. The second kappa shape index (κ2) is 8.74. The smallest absolute Gasteiger partial charge is 0.319 e. The number of nitrogens with one attached hydrogen (secondary N) is 3. The summed E-state index contributed by atoms with van der Waals surface area (Å²) in [5.74, 6) is 0.585. The third-order valence-electron chi connectivity index (χ3n) is 4.15. The lowest BCUT2D eigenvalue weighted by molar-refractivity contribution is 0.0996. The van der Waals surface area contributed by atoms with Gasteiger partial charge in [-0.3, -0.25) is 4.79 Å². The van der Waals surface area contributed by atoms with Crippen molar-refractivity contribution in [3.8, 4) is 5.82 Å². The molecule has 3 heterocycles. The Balaban J connectivity index is 1.26. The summed E-state index contributed by atoms with van der Waals surface area (Å²) in [7, 11) is 0. The zero-order valence-electron chi connectivity index (χ0n) is 15.8. The molecule has 0 fully saturated rings. The molecule has 0 aliphatic rings. The fourth-order valence-electron chi connectivity index (χ4n) is 2.66. The second-order valence-electron chi connectivity index (χ2n) is 6.29. The maximum Gasteiger partial charge on any atom is 0.319 e. The van der Waals surface area contributed by atoms with Gasteiger partial charge in [0.15, 0.2) is 11.6 Å². The van der Waals surface area contributed by atoms with Crippen molar-refractivity contribution in [1.82, 2.24) is 20.1 Å². The quantitative estimate of drug-likeness (QED) is 0.457. The third-order valence-corrected chi connectivity index (χ3v) is 4.15. The molecule has 3 N–H and O–H groups in total. The average Bonchev–Trinajstić information content (AvgIpc) is 3.48. The van der Waals surface area contributed by atoms with E-state index in [0.29, 0.717) is 23.7 Å². The van der Waals surface area contributed by atoms with E-state index in [2.05, 4.69) is 26.0 Å². The van der Waals surface area contributed by atoms with Gasteiger partial charge in [-0.25, -0.2) is 14.5 Å². The first kappa shape index (κ1) is 18.9. The standard InChI is InChI=1S/C21H18N6O3/c28-20(18-3-1-12-30-18)25-16-5-7-17(8-6-16)26-21(29)23-14-15-4-9-19(22-13-15)27-11-2-10-24-27/h1-13H,14H2,(H,25,28)(H2,23,26,29). The number of aromatic nitrogens is 3. The minimum Gasteiger partial charge on any atom is -0.459 e. The highest BCUT2D eigenvalue weighted by atomic mass is 16.3. The van der Waals surface area contributed by atoms with Gasteiger partial charge in [0.2, 0.25) is 0 Å². The minimum absolute atomic E-state index is 0.226. The molecule has 150 valence electrons. The van der Waals surface area contributed by atoms with E-state index in [-0.39, 0.29) is 17.7 Å². The van der Waals surface area contributed by atoms with Gasteiger partial charge in [0.25, 0.3) is 5.91 Å². The first-order valence-corrected chi connectivity index (χ1v) is 9.12. The van der Waals surface area contributed by atoms with Gasteiger partial charge in [-0.1, -0.05) is 6.07 Å². The van der Waals surface area contributed by atoms with Crippen molar-refractivity contribution in [1.29, 1.82) is 0 Å². The Morgan fingerprint density at radius 3 is 2.40 bits per heavy atom. The summed E-state index contributed by atoms with van der Waals surface area (Å²) in [5.41, 5.74) is 2.04. The van der Waals surface area contributed by atoms with Crippen LogP contribution in [0.5, 0.6) is 0 Å². The third kappa shape index (κ3) is 4.71. The normalized spacial score (nSPS) is 10.4. The molecule has 30 heavy (non-hydrogen) atoms. The topological polar surface area (TPSA) is 114 Å². The zero-order valence-corrected chi connectivity index (χ0v) is 15.8. The van der Waals surface area contributed by atoms with Crippen LogP contribution in [0.3, 0.4) is 0 Å². The summed E-state index contributed by atoms with van der Waals surface area (Å²) >= 11 is 0. The molecule has 0 atom stereocenters. The Morgan fingerprint density at radius 2 is 1.77 bits per heavy atom. The number of benzene rings is 1. The van der Waals surface area contributed by atoms with E-state index in [1.807, 2.05) is 18.2 Å². The van der Waals surface area contributed by atoms with Crippen molar-refractivity contribution >= 4 is 23.3 Å². The lowest BCUT2D eigenvalue weighted by atomic mass is 10.2. The Morgan fingerprint density at radius 1 is 0.967 bits per heavy atom. The van der Waals surface area contributed by atoms with Gasteiger partial charge in [-0.15, -0.1) is 0 Å². The van der Waals surface area contributed by atoms with Crippen LogP contribution in [0.4, 0.5) is 16.2 Å². The van der Waals surface area contributed by atoms with Gasteiger partial charge < -0.3 is 20.4 Å². The molecule has 0 saturated heterocycles. The van der Waals surface area contributed by atoms with Crippen molar-refractivity contribution in [2.45, 2.75) is 6.54 Å². The van der Waals surface area contributed by atoms with Crippen molar-refractivity contribution in [2.24, 2.45) is 0 Å². The Bertz CT molecular complexity index is 1100. The molecule has 9 heteroatoms. The molecule has 0 spiro atoms. The highest BCUT2D eigenvalue weighted by Gasteiger charge is 2.09. The molecule has 9 nitrogen and oxygen atoms in total. The summed E-state index contributed by atoms with van der Waals surface area (Å²) in [6.07, 6.45) is 6.61. The molecule has 0 radical (unpaired) electrons. The lowest BCUT2D eigenvalue weighted by Gasteiger charge is -2.09. The second-order valence-corrected chi connectivity index (χ2v) is 6.29. The average molecular weight is 402 g/mol. The number of rotatable bonds is 6. The van der Waals surface area contributed by atoms with E-state index in [9.17, 15) is 9.59 Å². The Labute approximate surface area is 171 Å². The minimum atomic E-state index is -0.349. The van der Waals surface area contributed by atoms with Crippen molar-refractivity contribution in [3.63, 3.8) is 0 Å². The van der Waals surface area contributed by atoms with Crippen LogP contribution < -0.4 is 16.0 Å². The number of nitrogens with zero attached hydrogens (tertiary/aromatic N) is 3. The maximum absolute atomic E-state index is 12.1. The van der Waals surface area contributed by atoms with Crippen LogP contribution in [0.15, 0.2) is 83.9 Å². The monoisotopic (exact) mass is 402 g/mol. The molecule has 0 aliphatic heterocycles. The van der Waals surface area contributed by atoms with Crippen molar-refractivity contribution in [3.05, 3.63) is 90.8 Å². The molecule has 3 aromatic heterocycles. The molecule has 1 aromatic carbocycles. The number of hydrogen-bond donors (Lipinski definition) is 3. The predicted molar refractivity (Wildman–Crippen MR) is 110 cm³/mol. The van der Waals surface area contributed by atoms with Crippen LogP contribution in [-0.4, -0.2) is 26.7 Å². The van der Waals surface area contributed by atoms with Crippen molar-refractivity contribution in [2.75, 3.05) is 10.6 Å². The number of furan rings is 1. The molecule has 4 aromatic rings. The van der Waals surface area contributed by atoms with Crippen LogP contribution in [0.2, 0.25) is 0 Å². The van der Waals surface area contributed by atoms with E-state index in [4.69, 9.17) is 4.42 Å². The van der Waals surface area contributed by atoms with E-state index in [1.54, 1.807) is 59.7 Å². The number of hydrogen-bond acceptors (Lipinski definition) is 5. The number of carbonyl (C=O) groups excluding carboxylic acids is 2. The molecule has 0 bridgehead atoms. The molecule has 0 unspecified atom stereocenters. The SMILES string of the molecule is O=C(NCc1ccc(-n2cccn2)nc1)Nc1ccc(NC(=O)c2ccco2)cc1. The molecule has 4 rings (SSSR count). The highest BCUT2D eigenvalue weighted by molar-refractivity contribution is 6.02. The number of pyridine rings is 1. The number of amides is 3. The molecular weight excluding hydrogens is 384 g/mol. The summed E-state index contributed by atoms with van der Waals surface area (Å²) in [6, 6.07) is 15.2. The number of carbonyl (C=O) groups is 2. The van der Waals surface area contributed by atoms with Crippen LogP contribution >= 0.6 is 0 Å². The van der Waals surface area contributed by atoms with Crippen LogP contribution in [-0.2, 0) is 6.54 Å². The van der Waals surface area contributed by atoms with Gasteiger partial charge in [0.05, 0.1) is 6.26 Å². The molecule has 3 amide bonds. The number of anilines is 2. The first-order chi connectivity index (χ1) is 14.7. The van der Waals surface area contributed by atoms with Crippen LogP contribution in [0.1, 0.15) is 16.1 Å². The predicted octanol–water partition coefficient (Wildman–Crippen LogP) is 3.43. The number of urea groups is 1. The molecule has 0 saturated carbocycles. The summed E-state index contributed by atoms with van der Waals surface area (Å²) in [4.78, 5) is 28.4. The maximum atomic E-state index is 12.1. The van der Waals surface area contributed by atoms with Gasteiger partial charge in [0.1, 0.15) is 0 Å². The van der Waals surface area contributed by atoms with Gasteiger partial charge in [-0.2, -0.15) is 5.10 Å². The Hall–Kier alpha value is -4.40. The van der Waals surface area contributed by atoms with Crippen LogP contribution in [0.25, 0.3) is 5.82 Å². The largest absolute Gasteiger partial charge is 0.459 e. The fraction of sp³-hybridized carbons (Fsp3) is 0.0476.